The monoisotopic (exact) mass is 204 g/mol. The molecule has 0 heterocycles. The van der Waals surface area contributed by atoms with Crippen LogP contribution >= 0.6 is 0 Å². The van der Waals surface area contributed by atoms with E-state index in [1.165, 1.54) is 31.2 Å². The van der Waals surface area contributed by atoms with Crippen molar-refractivity contribution in [1.29, 1.82) is 0 Å². The predicted molar refractivity (Wildman–Crippen MR) is 63.4 cm³/mol. The number of benzene rings is 1. The van der Waals surface area contributed by atoms with E-state index in [1.807, 2.05) is 6.07 Å². The van der Waals surface area contributed by atoms with Crippen LogP contribution in [0.3, 0.4) is 0 Å². The molecule has 0 aromatic heterocycles. The minimum Gasteiger partial charge on any atom is -0.497 e. The predicted octanol–water partition coefficient (Wildman–Crippen LogP) is 3.99. The normalized spacial score (nSPS) is 23.9. The summed E-state index contributed by atoms with van der Waals surface area (Å²) in [7, 11) is 1.74. The van der Waals surface area contributed by atoms with Crippen LogP contribution in [-0.2, 0) is 0 Å². The van der Waals surface area contributed by atoms with Gasteiger partial charge in [-0.25, -0.2) is 0 Å². The average Bonchev–Trinajstić information content (AvgIpc) is 3.06. The van der Waals surface area contributed by atoms with E-state index in [4.69, 9.17) is 4.74 Å². The van der Waals surface area contributed by atoms with Gasteiger partial charge in [0.1, 0.15) is 5.75 Å². The Balaban J connectivity index is 1.94. The molecule has 1 aliphatic rings. The van der Waals surface area contributed by atoms with E-state index >= 15 is 0 Å². The van der Waals surface area contributed by atoms with Crippen LogP contribution in [-0.4, -0.2) is 7.11 Å². The molecule has 0 spiro atoms. The van der Waals surface area contributed by atoms with E-state index < -0.39 is 0 Å². The first-order valence-corrected chi connectivity index (χ1v) is 5.99. The Morgan fingerprint density at radius 2 is 2.27 bits per heavy atom. The first-order valence-electron chi connectivity index (χ1n) is 5.99. The molecule has 0 radical (unpaired) electrons. The molecule has 1 nitrogen and oxygen atoms in total. The number of methoxy groups -OCH3 is 1. The standard InChI is InChI=1S/C14H20O/c1-3-4-6-12-10-14(12)11-7-5-8-13(9-11)15-2/h5,7-9,12,14H,3-4,6,10H2,1-2H3/t12-,14+/m0/s1. The molecule has 15 heavy (non-hydrogen) atoms. The van der Waals surface area contributed by atoms with Gasteiger partial charge in [-0.15, -0.1) is 0 Å². The van der Waals surface area contributed by atoms with Gasteiger partial charge in [-0.3, -0.25) is 0 Å². The maximum absolute atomic E-state index is 5.25. The Kier molecular flexibility index (Phi) is 3.30. The molecule has 1 heteroatoms. The van der Waals surface area contributed by atoms with Gasteiger partial charge in [-0.2, -0.15) is 0 Å². The molecule has 0 bridgehead atoms. The second-order valence-electron chi connectivity index (χ2n) is 4.52. The summed E-state index contributed by atoms with van der Waals surface area (Å²) in [6, 6.07) is 8.55. The number of ether oxygens (including phenoxy) is 1. The first kappa shape index (κ1) is 10.5. The van der Waals surface area contributed by atoms with Crippen LogP contribution in [0.15, 0.2) is 24.3 Å². The quantitative estimate of drug-likeness (QED) is 0.704. The highest BCUT2D eigenvalue weighted by atomic mass is 16.5. The molecule has 82 valence electrons. The van der Waals surface area contributed by atoms with Crippen LogP contribution in [0.25, 0.3) is 0 Å². The van der Waals surface area contributed by atoms with Crippen molar-refractivity contribution >= 4 is 0 Å². The lowest BCUT2D eigenvalue weighted by Gasteiger charge is -2.03. The van der Waals surface area contributed by atoms with Crippen LogP contribution in [0.1, 0.15) is 44.1 Å². The smallest absolute Gasteiger partial charge is 0.119 e. The highest BCUT2D eigenvalue weighted by Crippen LogP contribution is 2.50. The lowest BCUT2D eigenvalue weighted by Crippen LogP contribution is -1.87. The number of unbranched alkanes of at least 4 members (excludes halogenated alkanes) is 1. The summed E-state index contributed by atoms with van der Waals surface area (Å²) in [5, 5.41) is 0. The summed E-state index contributed by atoms with van der Waals surface area (Å²) in [6.45, 7) is 2.27. The van der Waals surface area contributed by atoms with Gasteiger partial charge in [0, 0.05) is 0 Å². The SMILES string of the molecule is CCCC[C@H]1C[C@@H]1c1cccc(OC)c1. The Morgan fingerprint density at radius 1 is 1.40 bits per heavy atom. The minimum absolute atomic E-state index is 0.812. The summed E-state index contributed by atoms with van der Waals surface area (Å²) in [5.41, 5.74) is 1.47. The molecule has 1 fully saturated rings. The fraction of sp³-hybridized carbons (Fsp3) is 0.571. The van der Waals surface area contributed by atoms with Crippen molar-refractivity contribution in [2.75, 3.05) is 7.11 Å². The van der Waals surface area contributed by atoms with Crippen LogP contribution in [0.2, 0.25) is 0 Å². The van der Waals surface area contributed by atoms with E-state index in [-0.39, 0.29) is 0 Å². The van der Waals surface area contributed by atoms with Crippen molar-refractivity contribution in [3.8, 4) is 5.75 Å². The zero-order chi connectivity index (χ0) is 10.7. The Morgan fingerprint density at radius 3 is 3.00 bits per heavy atom. The lowest BCUT2D eigenvalue weighted by molar-refractivity contribution is 0.414. The number of rotatable bonds is 5. The van der Waals surface area contributed by atoms with Gasteiger partial charge in [-0.05, 0) is 42.4 Å². The third kappa shape index (κ3) is 2.53. The second-order valence-corrected chi connectivity index (χ2v) is 4.52. The van der Waals surface area contributed by atoms with Crippen molar-refractivity contribution in [3.63, 3.8) is 0 Å². The van der Waals surface area contributed by atoms with Gasteiger partial charge in [0.05, 0.1) is 7.11 Å². The van der Waals surface area contributed by atoms with Crippen LogP contribution < -0.4 is 4.74 Å². The summed E-state index contributed by atoms with van der Waals surface area (Å²) in [6.07, 6.45) is 5.48. The molecule has 2 rings (SSSR count). The highest BCUT2D eigenvalue weighted by molar-refractivity contribution is 5.33. The van der Waals surface area contributed by atoms with Crippen LogP contribution in [0.4, 0.5) is 0 Å². The first-order chi connectivity index (χ1) is 7.35. The molecule has 1 aromatic carbocycles. The van der Waals surface area contributed by atoms with E-state index in [9.17, 15) is 0 Å². The topological polar surface area (TPSA) is 9.23 Å². The molecule has 1 aromatic rings. The van der Waals surface area contributed by atoms with Gasteiger partial charge in [0.2, 0.25) is 0 Å². The molecule has 0 N–H and O–H groups in total. The maximum atomic E-state index is 5.25. The van der Waals surface area contributed by atoms with Crippen molar-refractivity contribution < 1.29 is 4.74 Å². The fourth-order valence-electron chi connectivity index (χ4n) is 2.31. The van der Waals surface area contributed by atoms with E-state index in [1.54, 1.807) is 7.11 Å². The molecule has 1 saturated carbocycles. The molecule has 1 aliphatic carbocycles. The van der Waals surface area contributed by atoms with Crippen molar-refractivity contribution in [3.05, 3.63) is 29.8 Å². The molecule has 0 amide bonds. The van der Waals surface area contributed by atoms with Gasteiger partial charge >= 0.3 is 0 Å². The van der Waals surface area contributed by atoms with Crippen LogP contribution in [0, 0.1) is 5.92 Å². The van der Waals surface area contributed by atoms with E-state index in [0.717, 1.165) is 17.6 Å². The summed E-state index contributed by atoms with van der Waals surface area (Å²) >= 11 is 0. The molecule has 2 atom stereocenters. The van der Waals surface area contributed by atoms with Gasteiger partial charge in [0.25, 0.3) is 0 Å². The Bertz CT molecular complexity index is 319. The van der Waals surface area contributed by atoms with Gasteiger partial charge < -0.3 is 4.74 Å². The largest absolute Gasteiger partial charge is 0.497 e. The van der Waals surface area contributed by atoms with Crippen molar-refractivity contribution in [1.82, 2.24) is 0 Å². The third-order valence-electron chi connectivity index (χ3n) is 3.37. The molecule has 0 unspecified atom stereocenters. The zero-order valence-corrected chi connectivity index (χ0v) is 9.70. The molecular weight excluding hydrogens is 184 g/mol. The van der Waals surface area contributed by atoms with Crippen molar-refractivity contribution in [2.24, 2.45) is 5.92 Å². The third-order valence-corrected chi connectivity index (χ3v) is 3.37. The maximum Gasteiger partial charge on any atom is 0.119 e. The highest BCUT2D eigenvalue weighted by Gasteiger charge is 2.37. The minimum atomic E-state index is 0.812. The van der Waals surface area contributed by atoms with E-state index in [2.05, 4.69) is 25.1 Å². The molecule has 0 aliphatic heterocycles. The lowest BCUT2D eigenvalue weighted by atomic mass is 10.1. The molecular formula is C14H20O. The van der Waals surface area contributed by atoms with E-state index in [0.29, 0.717) is 0 Å². The Labute approximate surface area is 92.5 Å². The van der Waals surface area contributed by atoms with Crippen molar-refractivity contribution in [2.45, 2.75) is 38.5 Å². The second kappa shape index (κ2) is 4.69. The summed E-state index contributed by atoms with van der Waals surface area (Å²) in [4.78, 5) is 0. The Hall–Kier alpha value is -0.980. The fourth-order valence-corrected chi connectivity index (χ4v) is 2.31. The number of hydrogen-bond donors (Lipinski definition) is 0. The van der Waals surface area contributed by atoms with Gasteiger partial charge in [-0.1, -0.05) is 31.9 Å². The zero-order valence-electron chi connectivity index (χ0n) is 9.70. The van der Waals surface area contributed by atoms with Crippen LogP contribution in [0.5, 0.6) is 5.75 Å². The summed E-state index contributed by atoms with van der Waals surface area (Å²) in [5.74, 6) is 2.75. The number of hydrogen-bond acceptors (Lipinski definition) is 1. The average molecular weight is 204 g/mol. The summed E-state index contributed by atoms with van der Waals surface area (Å²) < 4.78 is 5.25. The molecule has 0 saturated heterocycles. The van der Waals surface area contributed by atoms with Gasteiger partial charge in [0.15, 0.2) is 0 Å².